The summed E-state index contributed by atoms with van der Waals surface area (Å²) in [5, 5.41) is 3.72. The molecule has 0 spiro atoms. The van der Waals surface area contributed by atoms with E-state index in [1.165, 1.54) is 42.7 Å². The molecule has 0 aliphatic carbocycles. The Labute approximate surface area is 236 Å². The maximum absolute atomic E-state index is 13.6. The van der Waals surface area contributed by atoms with E-state index in [0.717, 1.165) is 53.3 Å². The highest BCUT2D eigenvalue weighted by Crippen LogP contribution is 2.40. The minimum absolute atomic E-state index is 0.112. The number of hydrogen-bond donors (Lipinski definition) is 0. The lowest BCUT2D eigenvalue weighted by Crippen LogP contribution is -2.46. The largest absolute Gasteiger partial charge is 0.365 e. The zero-order chi connectivity index (χ0) is 26.5. The first-order chi connectivity index (χ1) is 18.5. The van der Waals surface area contributed by atoms with Gasteiger partial charge in [-0.25, -0.2) is 8.78 Å². The van der Waals surface area contributed by atoms with Crippen molar-refractivity contribution in [1.82, 2.24) is 4.90 Å². The molecule has 2 bridgehead atoms. The highest BCUT2D eigenvalue weighted by molar-refractivity contribution is 14.1. The van der Waals surface area contributed by atoms with Crippen LogP contribution in [0.15, 0.2) is 71.8 Å². The Hall–Kier alpha value is -2.52. The summed E-state index contributed by atoms with van der Waals surface area (Å²) in [6.45, 7) is 1.09. The molecule has 1 unspecified atom stereocenters. The molecule has 3 aromatic rings. The molecular weight excluding hydrogens is 595 g/mol. The zero-order valence-electron chi connectivity index (χ0n) is 21.1. The lowest BCUT2D eigenvalue weighted by atomic mass is 9.96. The SMILES string of the molecule is [N-]=[N+]=Nc1ccc(CCCCN2[C@@H]3CC[C@H]2CC(OC(c2ccc(F)cc2)c2ccc(F)cc2)C3)cc1[125I]. The van der Waals surface area contributed by atoms with E-state index in [0.29, 0.717) is 17.8 Å². The van der Waals surface area contributed by atoms with Gasteiger partial charge >= 0.3 is 0 Å². The second-order valence-corrected chi connectivity index (χ2v) is 11.4. The molecule has 5 rings (SSSR count). The van der Waals surface area contributed by atoms with Crippen LogP contribution in [-0.2, 0) is 11.2 Å². The van der Waals surface area contributed by atoms with E-state index < -0.39 is 0 Å². The van der Waals surface area contributed by atoms with Gasteiger partial charge in [-0.15, -0.1) is 0 Å². The van der Waals surface area contributed by atoms with Crippen molar-refractivity contribution < 1.29 is 13.5 Å². The quantitative estimate of drug-likeness (QED) is 0.0744. The number of fused-ring (bicyclic) bond motifs is 2. The van der Waals surface area contributed by atoms with E-state index in [1.54, 1.807) is 24.3 Å². The Morgan fingerprint density at radius 2 is 1.53 bits per heavy atom. The highest BCUT2D eigenvalue weighted by Gasteiger charge is 2.41. The fraction of sp³-hybridized carbons (Fsp3) is 0.400. The molecule has 8 heteroatoms. The molecule has 3 atom stereocenters. The third-order valence-electron chi connectivity index (χ3n) is 7.81. The van der Waals surface area contributed by atoms with E-state index >= 15 is 0 Å². The van der Waals surface area contributed by atoms with Crippen molar-refractivity contribution >= 4 is 28.3 Å². The summed E-state index contributed by atoms with van der Waals surface area (Å²) in [6, 6.07) is 20.0. The average Bonchev–Trinajstić information content (AvgIpc) is 3.15. The maximum Gasteiger partial charge on any atom is 0.123 e. The molecular formula is C30H31F2IN4O. The summed E-state index contributed by atoms with van der Waals surface area (Å²) in [5.74, 6) is -0.560. The maximum atomic E-state index is 13.6. The standard InChI is InChI=1S/C30H31F2IN4O/c31-23-9-5-21(6-10-23)30(22-7-11-24(32)12-8-22)38-27-18-25-13-14-26(19-27)37(25)16-2-1-3-20-4-15-29(35-36-34)28(33)17-20/h4-12,15,17,25-27,30H,1-3,13-14,16,18-19H2/t25-,26+,27?/i33-2. The van der Waals surface area contributed by atoms with Crippen LogP contribution in [0, 0.1) is 15.2 Å². The highest BCUT2D eigenvalue weighted by atomic mass is 125. The molecule has 0 radical (unpaired) electrons. The zero-order valence-corrected chi connectivity index (χ0v) is 23.3. The van der Waals surface area contributed by atoms with E-state index in [9.17, 15) is 8.78 Å². The van der Waals surface area contributed by atoms with Crippen molar-refractivity contribution in [3.63, 3.8) is 0 Å². The van der Waals surface area contributed by atoms with E-state index in [4.69, 9.17) is 10.3 Å². The number of ether oxygens (including phenoxy) is 1. The number of halogens is 3. The van der Waals surface area contributed by atoms with Crippen molar-refractivity contribution in [1.29, 1.82) is 0 Å². The molecule has 38 heavy (non-hydrogen) atoms. The molecule has 0 amide bonds. The van der Waals surface area contributed by atoms with Gasteiger partial charge in [0.05, 0.1) is 11.8 Å². The van der Waals surface area contributed by atoms with Crippen molar-refractivity contribution in [3.8, 4) is 0 Å². The number of unbranched alkanes of at least 4 members (excludes halogenated alkanes) is 1. The first-order valence-electron chi connectivity index (χ1n) is 13.3. The summed E-state index contributed by atoms with van der Waals surface area (Å²) >= 11 is 2.22. The van der Waals surface area contributed by atoms with Gasteiger partial charge in [0.15, 0.2) is 0 Å². The Morgan fingerprint density at radius 1 is 0.921 bits per heavy atom. The fourth-order valence-electron chi connectivity index (χ4n) is 5.98. The Balaban J connectivity index is 1.17. The van der Waals surface area contributed by atoms with Gasteiger partial charge in [-0.05, 0) is 127 Å². The van der Waals surface area contributed by atoms with Crippen LogP contribution in [0.5, 0.6) is 0 Å². The first-order valence-corrected chi connectivity index (χ1v) is 14.3. The molecule has 198 valence electrons. The monoisotopic (exact) mass is 626 g/mol. The predicted molar refractivity (Wildman–Crippen MR) is 153 cm³/mol. The minimum Gasteiger partial charge on any atom is -0.365 e. The van der Waals surface area contributed by atoms with Crippen LogP contribution in [0.3, 0.4) is 0 Å². The number of hydrogen-bond acceptors (Lipinski definition) is 3. The topological polar surface area (TPSA) is 61.2 Å². The van der Waals surface area contributed by atoms with Crippen LogP contribution in [0.4, 0.5) is 14.5 Å². The second-order valence-electron chi connectivity index (χ2n) is 10.3. The fourth-order valence-corrected chi connectivity index (χ4v) is 6.66. The molecule has 3 aromatic carbocycles. The number of nitrogens with zero attached hydrogens (tertiary/aromatic N) is 4. The molecule has 5 nitrogen and oxygen atoms in total. The summed E-state index contributed by atoms with van der Waals surface area (Å²) in [5.41, 5.74) is 12.4. The van der Waals surface area contributed by atoms with E-state index in [2.05, 4.69) is 49.6 Å². The number of benzene rings is 3. The summed E-state index contributed by atoms with van der Waals surface area (Å²) in [4.78, 5) is 5.56. The second kappa shape index (κ2) is 12.6. The van der Waals surface area contributed by atoms with Crippen molar-refractivity contribution in [2.45, 2.75) is 69.2 Å². The average molecular weight is 627 g/mol. The van der Waals surface area contributed by atoms with Crippen LogP contribution in [-0.4, -0.2) is 29.6 Å². The van der Waals surface area contributed by atoms with Crippen LogP contribution in [0.1, 0.15) is 61.3 Å². The van der Waals surface area contributed by atoms with E-state index in [1.807, 2.05) is 6.07 Å². The molecule has 0 aromatic heterocycles. The van der Waals surface area contributed by atoms with E-state index in [-0.39, 0.29) is 23.8 Å². The van der Waals surface area contributed by atoms with Gasteiger partial charge in [0.1, 0.15) is 17.7 Å². The van der Waals surface area contributed by atoms with Gasteiger partial charge < -0.3 is 4.74 Å². The Kier molecular flexibility index (Phi) is 8.94. The number of rotatable bonds is 10. The molecule has 0 N–H and O–H groups in total. The first kappa shape index (κ1) is 27.1. The normalized spacial score (nSPS) is 21.0. The molecule has 2 aliphatic rings. The van der Waals surface area contributed by atoms with Crippen LogP contribution < -0.4 is 0 Å². The van der Waals surface area contributed by atoms with Gasteiger partial charge in [0, 0.05) is 20.6 Å². The lowest BCUT2D eigenvalue weighted by Gasteiger charge is -2.40. The number of azide groups is 1. The molecule has 2 saturated heterocycles. The third kappa shape index (κ3) is 6.54. The molecule has 2 heterocycles. The molecule has 2 aliphatic heterocycles. The summed E-state index contributed by atoms with van der Waals surface area (Å²) in [6.07, 6.45) is 7.38. The predicted octanol–water partition coefficient (Wildman–Crippen LogP) is 8.64. The van der Waals surface area contributed by atoms with Gasteiger partial charge in [-0.2, -0.15) is 0 Å². The van der Waals surface area contributed by atoms with Crippen molar-refractivity contribution in [2.75, 3.05) is 6.54 Å². The molecule has 0 saturated carbocycles. The van der Waals surface area contributed by atoms with Crippen LogP contribution in [0.2, 0.25) is 0 Å². The summed E-state index contributed by atoms with van der Waals surface area (Å²) in [7, 11) is 0. The minimum atomic E-state index is -0.347. The summed E-state index contributed by atoms with van der Waals surface area (Å²) < 4.78 is 34.9. The Bertz CT molecular complexity index is 1220. The van der Waals surface area contributed by atoms with Gasteiger partial charge in [0.2, 0.25) is 0 Å². The number of piperidine rings is 1. The van der Waals surface area contributed by atoms with Gasteiger partial charge in [-0.3, -0.25) is 4.90 Å². The van der Waals surface area contributed by atoms with Gasteiger partial charge in [-0.1, -0.05) is 41.5 Å². The van der Waals surface area contributed by atoms with Crippen molar-refractivity contribution in [3.05, 3.63) is 109 Å². The Morgan fingerprint density at radius 3 is 2.08 bits per heavy atom. The molecule has 2 fully saturated rings. The number of aryl methyl sites for hydroxylation is 1. The smallest absolute Gasteiger partial charge is 0.123 e. The van der Waals surface area contributed by atoms with Crippen LogP contribution >= 0.6 is 22.6 Å². The third-order valence-corrected chi connectivity index (χ3v) is 8.68. The van der Waals surface area contributed by atoms with Crippen molar-refractivity contribution in [2.24, 2.45) is 5.11 Å². The lowest BCUT2D eigenvalue weighted by molar-refractivity contribution is -0.0484. The van der Waals surface area contributed by atoms with Gasteiger partial charge in [0.25, 0.3) is 0 Å². The van der Waals surface area contributed by atoms with Crippen LogP contribution in [0.25, 0.3) is 10.4 Å².